The van der Waals surface area contributed by atoms with Gasteiger partial charge in [0.1, 0.15) is 5.82 Å². The molecule has 0 aliphatic carbocycles. The van der Waals surface area contributed by atoms with E-state index in [0.717, 1.165) is 15.6 Å². The number of aromatic nitrogens is 1. The highest BCUT2D eigenvalue weighted by Crippen LogP contribution is 2.25. The van der Waals surface area contributed by atoms with E-state index in [9.17, 15) is 22.4 Å². The number of anilines is 1. The fourth-order valence-electron chi connectivity index (χ4n) is 2.60. The smallest absolute Gasteiger partial charge is 0.243 e. The van der Waals surface area contributed by atoms with Gasteiger partial charge in [-0.25, -0.2) is 17.8 Å². The Morgan fingerprint density at radius 3 is 2.50 bits per heavy atom. The summed E-state index contributed by atoms with van der Waals surface area (Å²) in [6.07, 6.45) is 0. The van der Waals surface area contributed by atoms with Crippen molar-refractivity contribution in [3.8, 4) is 11.3 Å². The minimum atomic E-state index is -3.91. The van der Waals surface area contributed by atoms with Gasteiger partial charge in [0.25, 0.3) is 0 Å². The first-order valence-electron chi connectivity index (χ1n) is 8.75. The number of sulfonamides is 1. The van der Waals surface area contributed by atoms with Crippen LogP contribution in [0, 0.1) is 5.82 Å². The molecule has 0 spiro atoms. The molecular formula is C20H18FN3O4S2. The van der Waals surface area contributed by atoms with Gasteiger partial charge in [0, 0.05) is 23.6 Å². The van der Waals surface area contributed by atoms with E-state index in [1.807, 2.05) is 0 Å². The van der Waals surface area contributed by atoms with E-state index in [0.29, 0.717) is 16.8 Å². The van der Waals surface area contributed by atoms with Crippen LogP contribution in [0.15, 0.2) is 58.8 Å². The van der Waals surface area contributed by atoms with Crippen LogP contribution in [0.2, 0.25) is 0 Å². The number of carbonyl (C=O) groups is 2. The molecule has 0 bridgehead atoms. The second-order valence-electron chi connectivity index (χ2n) is 6.44. The van der Waals surface area contributed by atoms with Gasteiger partial charge in [-0.05, 0) is 31.2 Å². The largest absolute Gasteiger partial charge is 0.301 e. The van der Waals surface area contributed by atoms with Crippen LogP contribution in [-0.2, 0) is 14.8 Å². The molecule has 7 nitrogen and oxygen atoms in total. The third kappa shape index (κ3) is 4.96. The van der Waals surface area contributed by atoms with Crippen LogP contribution in [0.3, 0.4) is 0 Å². The van der Waals surface area contributed by atoms with Crippen LogP contribution in [0.25, 0.3) is 11.3 Å². The molecule has 10 heteroatoms. The molecule has 1 amide bonds. The molecule has 0 aliphatic rings. The quantitative estimate of drug-likeness (QED) is 0.560. The lowest BCUT2D eigenvalue weighted by Gasteiger charge is -2.16. The maximum atomic E-state index is 13.4. The van der Waals surface area contributed by atoms with Crippen LogP contribution >= 0.6 is 11.3 Å². The summed E-state index contributed by atoms with van der Waals surface area (Å²) in [4.78, 5) is 27.8. The minimum absolute atomic E-state index is 0.0227. The third-order valence-corrected chi connectivity index (χ3v) is 6.78. The Bertz CT molecular complexity index is 1190. The maximum absolute atomic E-state index is 13.4. The molecule has 30 heavy (non-hydrogen) atoms. The highest BCUT2D eigenvalue weighted by atomic mass is 32.2. The summed E-state index contributed by atoms with van der Waals surface area (Å²) >= 11 is 1.15. The lowest BCUT2D eigenvalue weighted by molar-refractivity contribution is -0.116. The number of thiazole rings is 1. The Kier molecular flexibility index (Phi) is 6.40. The molecule has 0 fully saturated rings. The van der Waals surface area contributed by atoms with Crippen LogP contribution in [-0.4, -0.2) is 43.0 Å². The van der Waals surface area contributed by atoms with Gasteiger partial charge in [0.2, 0.25) is 15.9 Å². The van der Waals surface area contributed by atoms with Gasteiger partial charge in [-0.3, -0.25) is 9.59 Å². The maximum Gasteiger partial charge on any atom is 0.243 e. The van der Waals surface area contributed by atoms with Crippen molar-refractivity contribution >= 4 is 38.2 Å². The van der Waals surface area contributed by atoms with E-state index in [-0.39, 0.29) is 15.8 Å². The minimum Gasteiger partial charge on any atom is -0.301 e. The predicted octanol–water partition coefficient (Wildman–Crippen LogP) is 3.41. The Labute approximate surface area is 177 Å². The number of likely N-dealkylation sites (N-methyl/N-ethyl adjacent to an activating group) is 1. The molecule has 0 saturated carbocycles. The molecule has 0 atom stereocenters. The standard InChI is InChI=1S/C20H18FN3O4S2/c1-13(25)14-6-8-17(9-7-14)30(27,28)24(2)11-19(26)23-20-22-18(12-29-20)15-4-3-5-16(21)10-15/h3-10,12H,11H2,1-2H3,(H,22,23,26). The Morgan fingerprint density at radius 2 is 1.87 bits per heavy atom. The van der Waals surface area contributed by atoms with Crippen molar-refractivity contribution in [3.05, 3.63) is 65.3 Å². The summed E-state index contributed by atoms with van der Waals surface area (Å²) in [5.41, 5.74) is 1.47. The monoisotopic (exact) mass is 447 g/mol. The summed E-state index contributed by atoms with van der Waals surface area (Å²) in [7, 11) is -2.62. The van der Waals surface area contributed by atoms with Gasteiger partial charge in [-0.1, -0.05) is 24.3 Å². The van der Waals surface area contributed by atoms with Gasteiger partial charge in [-0.15, -0.1) is 11.3 Å². The van der Waals surface area contributed by atoms with Gasteiger partial charge >= 0.3 is 0 Å². The van der Waals surface area contributed by atoms with Crippen LogP contribution in [0.1, 0.15) is 17.3 Å². The van der Waals surface area contributed by atoms with Crippen LogP contribution < -0.4 is 5.32 Å². The highest BCUT2D eigenvalue weighted by Gasteiger charge is 2.23. The molecule has 0 aliphatic heterocycles. The van der Waals surface area contributed by atoms with E-state index in [1.165, 1.54) is 50.4 Å². The van der Waals surface area contributed by atoms with E-state index < -0.39 is 28.3 Å². The molecule has 0 saturated heterocycles. The van der Waals surface area contributed by atoms with Crippen LogP contribution in [0.4, 0.5) is 9.52 Å². The van der Waals surface area contributed by atoms with Gasteiger partial charge in [0.05, 0.1) is 17.1 Å². The van der Waals surface area contributed by atoms with Crippen LogP contribution in [0.5, 0.6) is 0 Å². The van der Waals surface area contributed by atoms with Crippen molar-refractivity contribution < 1.29 is 22.4 Å². The zero-order valence-corrected chi connectivity index (χ0v) is 17.8. The SMILES string of the molecule is CC(=O)c1ccc(S(=O)(=O)N(C)CC(=O)Nc2nc(-c3cccc(F)c3)cs2)cc1. The van der Waals surface area contributed by atoms with Crippen molar-refractivity contribution in [3.63, 3.8) is 0 Å². The van der Waals surface area contributed by atoms with E-state index in [1.54, 1.807) is 17.5 Å². The lowest BCUT2D eigenvalue weighted by Crippen LogP contribution is -2.34. The average Bonchev–Trinajstić information content (AvgIpc) is 3.16. The number of benzene rings is 2. The van der Waals surface area contributed by atoms with Crippen molar-refractivity contribution in [2.24, 2.45) is 0 Å². The Balaban J connectivity index is 1.66. The molecular weight excluding hydrogens is 429 g/mol. The zero-order valence-electron chi connectivity index (χ0n) is 16.1. The first kappa shape index (κ1) is 21.8. The van der Waals surface area contributed by atoms with Crippen molar-refractivity contribution in [1.82, 2.24) is 9.29 Å². The fraction of sp³-hybridized carbons (Fsp3) is 0.150. The number of halogens is 1. The predicted molar refractivity (Wildman–Crippen MR) is 112 cm³/mol. The number of ketones is 1. The van der Waals surface area contributed by atoms with Crippen molar-refractivity contribution in [1.29, 1.82) is 0 Å². The van der Waals surface area contributed by atoms with E-state index >= 15 is 0 Å². The summed E-state index contributed by atoms with van der Waals surface area (Å²) in [5, 5.41) is 4.49. The first-order chi connectivity index (χ1) is 14.2. The van der Waals surface area contributed by atoms with Gasteiger partial charge in [0.15, 0.2) is 10.9 Å². The molecule has 1 N–H and O–H groups in total. The van der Waals surface area contributed by atoms with Crippen molar-refractivity contribution in [2.75, 3.05) is 18.9 Å². The molecule has 156 valence electrons. The number of hydrogen-bond donors (Lipinski definition) is 1. The molecule has 2 aromatic carbocycles. The second kappa shape index (κ2) is 8.82. The molecule has 3 aromatic rings. The summed E-state index contributed by atoms with van der Waals surface area (Å²) in [6.45, 7) is 0.962. The number of nitrogens with zero attached hydrogens (tertiary/aromatic N) is 2. The van der Waals surface area contributed by atoms with Gasteiger partial charge in [-0.2, -0.15) is 4.31 Å². The third-order valence-electron chi connectivity index (χ3n) is 4.21. The average molecular weight is 448 g/mol. The Morgan fingerprint density at radius 1 is 1.17 bits per heavy atom. The number of carbonyl (C=O) groups excluding carboxylic acids is 2. The first-order valence-corrected chi connectivity index (χ1v) is 11.1. The number of hydrogen-bond acceptors (Lipinski definition) is 6. The molecule has 1 aromatic heterocycles. The van der Waals surface area contributed by atoms with E-state index in [2.05, 4.69) is 10.3 Å². The fourth-order valence-corrected chi connectivity index (χ4v) is 4.46. The van der Waals surface area contributed by atoms with Gasteiger partial charge < -0.3 is 5.32 Å². The summed E-state index contributed by atoms with van der Waals surface area (Å²) < 4.78 is 39.5. The summed E-state index contributed by atoms with van der Waals surface area (Å²) in [6, 6.07) is 11.4. The van der Waals surface area contributed by atoms with Crippen molar-refractivity contribution in [2.45, 2.75) is 11.8 Å². The number of rotatable bonds is 7. The lowest BCUT2D eigenvalue weighted by atomic mass is 10.2. The summed E-state index contributed by atoms with van der Waals surface area (Å²) in [5.74, 6) is -1.14. The molecule has 3 rings (SSSR count). The number of Topliss-reactive ketones (excluding diaryl/α,β-unsaturated/α-hetero) is 1. The van der Waals surface area contributed by atoms with E-state index in [4.69, 9.17) is 0 Å². The molecule has 1 heterocycles. The second-order valence-corrected chi connectivity index (χ2v) is 9.34. The number of amides is 1. The zero-order chi connectivity index (χ0) is 21.9. The topological polar surface area (TPSA) is 96.4 Å². The molecule has 0 unspecified atom stereocenters. The number of nitrogens with one attached hydrogen (secondary N) is 1. The normalized spacial score (nSPS) is 11.5. The Hall–Kier alpha value is -2.95. The highest BCUT2D eigenvalue weighted by molar-refractivity contribution is 7.89. The molecule has 0 radical (unpaired) electrons.